The van der Waals surface area contributed by atoms with Crippen LogP contribution in [-0.4, -0.2) is 36.0 Å². The number of Topliss-reactive ketones (excluding diaryl/α,β-unsaturated/α-hetero) is 1. The molecule has 34 heavy (non-hydrogen) atoms. The quantitative estimate of drug-likeness (QED) is 0.395. The van der Waals surface area contributed by atoms with Gasteiger partial charge >= 0.3 is 0 Å². The summed E-state index contributed by atoms with van der Waals surface area (Å²) in [6.07, 6.45) is 1.32. The van der Waals surface area contributed by atoms with Gasteiger partial charge in [0.15, 0.2) is 28.1 Å². The van der Waals surface area contributed by atoms with Crippen molar-refractivity contribution in [3.8, 4) is 11.5 Å². The number of halogens is 1. The van der Waals surface area contributed by atoms with E-state index in [1.165, 1.54) is 55.7 Å². The Balaban J connectivity index is 1.74. The third kappa shape index (κ3) is 3.30. The standard InChI is InChI=1S/C24H17FN2O6S/c1-31-16-6-3-5-13(22(16)32-2)19-18(20(28)15-7-4-10-33-15)21(29)23(30)27(19)24-26-14-9-8-12(25)11-17(14)34-24/h3-11,19,29H,1-2H3/t19-/m0/s1. The first-order valence-electron chi connectivity index (χ1n) is 10.1. The zero-order valence-corrected chi connectivity index (χ0v) is 18.8. The molecule has 1 aliphatic heterocycles. The van der Waals surface area contributed by atoms with Crippen LogP contribution in [0, 0.1) is 5.82 Å². The molecule has 0 bridgehead atoms. The SMILES string of the molecule is COc1cccc([C@H]2C(C(=O)c3ccco3)=C(O)C(=O)N2c2nc3ccc(F)cc3s2)c1OC. The Hall–Kier alpha value is -4.18. The molecular formula is C24H17FN2O6S. The largest absolute Gasteiger partial charge is 0.503 e. The van der Waals surface area contributed by atoms with E-state index < -0.39 is 29.3 Å². The highest BCUT2D eigenvalue weighted by Crippen LogP contribution is 2.48. The Kier molecular flexibility index (Phi) is 5.29. The summed E-state index contributed by atoms with van der Waals surface area (Å²) >= 11 is 1.06. The first-order valence-corrected chi connectivity index (χ1v) is 10.9. The number of aromatic nitrogens is 1. The average molecular weight is 480 g/mol. The molecule has 0 fully saturated rings. The number of furan rings is 1. The molecule has 0 unspecified atom stereocenters. The molecule has 0 aliphatic carbocycles. The van der Waals surface area contributed by atoms with Gasteiger partial charge < -0.3 is 19.0 Å². The number of nitrogens with zero attached hydrogens (tertiary/aromatic N) is 2. The minimum atomic E-state index is -1.11. The Morgan fingerprint density at radius 2 is 2.00 bits per heavy atom. The molecule has 0 saturated carbocycles. The predicted molar refractivity (Wildman–Crippen MR) is 122 cm³/mol. The molecule has 2 aromatic carbocycles. The second-order valence-electron chi connectivity index (χ2n) is 7.34. The van der Waals surface area contributed by atoms with E-state index in [0.717, 1.165) is 11.3 Å². The first-order chi connectivity index (χ1) is 16.4. The highest BCUT2D eigenvalue weighted by molar-refractivity contribution is 7.22. The van der Waals surface area contributed by atoms with E-state index in [4.69, 9.17) is 13.9 Å². The molecule has 1 aliphatic rings. The van der Waals surface area contributed by atoms with Gasteiger partial charge in [-0.2, -0.15) is 0 Å². The van der Waals surface area contributed by atoms with Crippen LogP contribution in [0.25, 0.3) is 10.2 Å². The van der Waals surface area contributed by atoms with Gasteiger partial charge in [-0.3, -0.25) is 14.5 Å². The normalized spacial score (nSPS) is 15.9. The highest BCUT2D eigenvalue weighted by atomic mass is 32.1. The van der Waals surface area contributed by atoms with E-state index in [-0.39, 0.29) is 22.2 Å². The van der Waals surface area contributed by atoms with E-state index in [9.17, 15) is 19.1 Å². The van der Waals surface area contributed by atoms with Gasteiger partial charge in [0, 0.05) is 5.56 Å². The van der Waals surface area contributed by atoms with Gasteiger partial charge in [0.05, 0.1) is 36.3 Å². The molecule has 1 atom stereocenters. The summed E-state index contributed by atoms with van der Waals surface area (Å²) in [4.78, 5) is 32.4. The lowest BCUT2D eigenvalue weighted by atomic mass is 9.94. The zero-order chi connectivity index (χ0) is 24.0. The van der Waals surface area contributed by atoms with Crippen LogP contribution < -0.4 is 14.4 Å². The zero-order valence-electron chi connectivity index (χ0n) is 17.9. The Morgan fingerprint density at radius 1 is 1.18 bits per heavy atom. The van der Waals surface area contributed by atoms with Crippen LogP contribution in [0.5, 0.6) is 11.5 Å². The second kappa shape index (κ2) is 8.31. The van der Waals surface area contributed by atoms with Gasteiger partial charge in [-0.05, 0) is 36.4 Å². The molecule has 0 radical (unpaired) electrons. The minimum absolute atomic E-state index is 0.0468. The molecule has 8 nitrogen and oxygen atoms in total. The monoisotopic (exact) mass is 480 g/mol. The van der Waals surface area contributed by atoms with Gasteiger partial charge in [0.25, 0.3) is 5.91 Å². The van der Waals surface area contributed by atoms with E-state index in [1.54, 1.807) is 18.2 Å². The summed E-state index contributed by atoms with van der Waals surface area (Å²) in [7, 11) is 2.89. The molecule has 0 spiro atoms. The first kappa shape index (κ1) is 21.7. The topological polar surface area (TPSA) is 102 Å². The number of benzene rings is 2. The number of carbonyl (C=O) groups excluding carboxylic acids is 2. The second-order valence-corrected chi connectivity index (χ2v) is 8.35. The van der Waals surface area contributed by atoms with Crippen LogP contribution in [0.3, 0.4) is 0 Å². The van der Waals surface area contributed by atoms with Crippen LogP contribution in [0.1, 0.15) is 22.2 Å². The fourth-order valence-corrected chi connectivity index (χ4v) is 5.00. The summed E-state index contributed by atoms with van der Waals surface area (Å²) < 4.78 is 30.5. The number of fused-ring (bicyclic) bond motifs is 1. The van der Waals surface area contributed by atoms with Crippen molar-refractivity contribution in [3.63, 3.8) is 0 Å². The molecule has 3 heterocycles. The molecule has 172 valence electrons. The number of amides is 1. The van der Waals surface area contributed by atoms with Crippen molar-refractivity contribution in [2.75, 3.05) is 19.1 Å². The van der Waals surface area contributed by atoms with Crippen molar-refractivity contribution in [2.24, 2.45) is 0 Å². The summed E-state index contributed by atoms with van der Waals surface area (Å²) in [5.41, 5.74) is 0.660. The number of hydrogen-bond acceptors (Lipinski definition) is 8. The van der Waals surface area contributed by atoms with Crippen molar-refractivity contribution in [2.45, 2.75) is 6.04 Å². The van der Waals surface area contributed by atoms with Gasteiger partial charge in [-0.1, -0.05) is 23.5 Å². The van der Waals surface area contributed by atoms with Gasteiger partial charge in [-0.15, -0.1) is 0 Å². The number of rotatable bonds is 6. The summed E-state index contributed by atoms with van der Waals surface area (Å²) in [5.74, 6) is -2.08. The number of anilines is 1. The van der Waals surface area contributed by atoms with Gasteiger partial charge in [-0.25, -0.2) is 9.37 Å². The smallest absolute Gasteiger partial charge is 0.296 e. The fraction of sp³-hybridized carbons (Fsp3) is 0.125. The maximum absolute atomic E-state index is 13.8. The number of ketones is 1. The van der Waals surface area contributed by atoms with Crippen molar-refractivity contribution < 1.29 is 33.0 Å². The van der Waals surface area contributed by atoms with Gasteiger partial charge in [0.1, 0.15) is 11.9 Å². The molecule has 1 N–H and O–H groups in total. The molecule has 1 amide bonds. The number of hydrogen-bond donors (Lipinski definition) is 1. The lowest BCUT2D eigenvalue weighted by Gasteiger charge is -2.26. The number of carbonyl (C=O) groups is 2. The summed E-state index contributed by atoms with van der Waals surface area (Å²) in [5, 5.41) is 11.0. The summed E-state index contributed by atoms with van der Waals surface area (Å²) in [6, 6.07) is 10.9. The summed E-state index contributed by atoms with van der Waals surface area (Å²) in [6.45, 7) is 0. The van der Waals surface area contributed by atoms with Crippen molar-refractivity contribution in [1.29, 1.82) is 0 Å². The van der Waals surface area contributed by atoms with Crippen LogP contribution in [0.15, 0.2) is 70.5 Å². The highest BCUT2D eigenvalue weighted by Gasteiger charge is 2.47. The minimum Gasteiger partial charge on any atom is -0.503 e. The van der Waals surface area contributed by atoms with Crippen LogP contribution in [0.2, 0.25) is 0 Å². The average Bonchev–Trinajstić information content (AvgIpc) is 3.57. The Morgan fingerprint density at radius 3 is 2.71 bits per heavy atom. The lowest BCUT2D eigenvalue weighted by Crippen LogP contribution is -2.31. The van der Waals surface area contributed by atoms with Crippen molar-refractivity contribution >= 4 is 38.4 Å². The van der Waals surface area contributed by atoms with Crippen LogP contribution in [-0.2, 0) is 4.79 Å². The number of aliphatic hydroxyl groups excluding tert-OH is 1. The van der Waals surface area contributed by atoms with Crippen molar-refractivity contribution in [1.82, 2.24) is 4.98 Å². The molecule has 4 aromatic rings. The third-order valence-electron chi connectivity index (χ3n) is 5.47. The van der Waals surface area contributed by atoms with E-state index in [0.29, 0.717) is 21.5 Å². The van der Waals surface area contributed by atoms with Crippen LogP contribution >= 0.6 is 11.3 Å². The lowest BCUT2D eigenvalue weighted by molar-refractivity contribution is -0.117. The molecule has 10 heteroatoms. The molecule has 2 aromatic heterocycles. The number of thiazole rings is 1. The van der Waals surface area contributed by atoms with E-state index in [1.807, 2.05) is 0 Å². The number of methoxy groups -OCH3 is 2. The Labute approximate surface area is 196 Å². The molecule has 0 saturated heterocycles. The number of ether oxygens (including phenoxy) is 2. The maximum atomic E-state index is 13.8. The van der Waals surface area contributed by atoms with Crippen LogP contribution in [0.4, 0.5) is 9.52 Å². The maximum Gasteiger partial charge on any atom is 0.296 e. The van der Waals surface area contributed by atoms with Gasteiger partial charge in [0.2, 0.25) is 5.78 Å². The van der Waals surface area contributed by atoms with E-state index in [2.05, 4.69) is 4.98 Å². The fourth-order valence-electron chi connectivity index (χ4n) is 3.99. The molecule has 5 rings (SSSR count). The van der Waals surface area contributed by atoms with E-state index >= 15 is 0 Å². The third-order valence-corrected chi connectivity index (χ3v) is 6.49. The Bertz CT molecular complexity index is 1460. The predicted octanol–water partition coefficient (Wildman–Crippen LogP) is 4.83. The number of para-hydroxylation sites is 1. The number of aliphatic hydroxyl groups is 1. The van der Waals surface area contributed by atoms with Crippen molar-refractivity contribution in [3.05, 3.63) is 83.3 Å². The molecular weight excluding hydrogens is 463 g/mol.